The molecule has 1 spiro atoms. The molecule has 0 saturated carbocycles. The topological polar surface area (TPSA) is 52.2 Å². The van der Waals surface area contributed by atoms with Gasteiger partial charge in [-0.25, -0.2) is 0 Å². The van der Waals surface area contributed by atoms with Gasteiger partial charge in [-0.2, -0.15) is 0 Å². The van der Waals surface area contributed by atoms with Crippen molar-refractivity contribution in [3.63, 3.8) is 0 Å². The molecule has 1 aromatic carbocycles. The van der Waals surface area contributed by atoms with Gasteiger partial charge in [0.05, 0.1) is 39.6 Å². The Morgan fingerprint density at radius 2 is 1.96 bits per heavy atom. The number of hydrogen-bond acceptors (Lipinski definition) is 6. The van der Waals surface area contributed by atoms with Crippen LogP contribution in [0.15, 0.2) is 12.1 Å². The molecule has 28 heavy (non-hydrogen) atoms. The number of fused-ring (bicyclic) bond motifs is 3. The van der Waals surface area contributed by atoms with E-state index in [9.17, 15) is 0 Å². The fourth-order valence-electron chi connectivity index (χ4n) is 5.81. The molecule has 0 unspecified atom stereocenters. The predicted octanol–water partition coefficient (Wildman–Crippen LogP) is 1.80. The molecule has 0 bridgehead atoms. The van der Waals surface area contributed by atoms with Gasteiger partial charge in [-0.3, -0.25) is 0 Å². The van der Waals surface area contributed by atoms with Gasteiger partial charge in [0.15, 0.2) is 11.5 Å². The Morgan fingerprint density at radius 1 is 1.18 bits per heavy atom. The largest absolute Gasteiger partial charge is 0.493 e. The van der Waals surface area contributed by atoms with Gasteiger partial charge in [-0.15, -0.1) is 0 Å². The van der Waals surface area contributed by atoms with E-state index in [0.717, 1.165) is 83.3 Å². The van der Waals surface area contributed by atoms with Crippen molar-refractivity contribution in [2.75, 3.05) is 66.8 Å². The average molecular weight is 389 g/mol. The van der Waals surface area contributed by atoms with Crippen molar-refractivity contribution in [2.45, 2.75) is 24.9 Å². The summed E-state index contributed by atoms with van der Waals surface area (Å²) < 4.78 is 23.4. The van der Waals surface area contributed by atoms with Crippen LogP contribution in [0.25, 0.3) is 0 Å². The van der Waals surface area contributed by atoms with Gasteiger partial charge >= 0.3 is 0 Å². The highest BCUT2D eigenvalue weighted by Gasteiger charge is 2.49. The van der Waals surface area contributed by atoms with Gasteiger partial charge in [-0.1, -0.05) is 0 Å². The van der Waals surface area contributed by atoms with E-state index in [0.29, 0.717) is 11.3 Å². The third-order valence-electron chi connectivity index (χ3n) is 7.49. The van der Waals surface area contributed by atoms with Crippen LogP contribution in [0.2, 0.25) is 0 Å². The van der Waals surface area contributed by atoms with E-state index in [2.05, 4.69) is 22.3 Å². The molecule has 0 aromatic heterocycles. The smallest absolute Gasteiger partial charge is 0.161 e. The third-order valence-corrected chi connectivity index (χ3v) is 7.49. The fraction of sp³-hybridized carbons (Fsp3) is 0.727. The third kappa shape index (κ3) is 2.93. The van der Waals surface area contributed by atoms with Crippen LogP contribution in [0.3, 0.4) is 0 Å². The Kier molecular flexibility index (Phi) is 4.78. The number of piperidine rings is 1. The number of benzene rings is 1. The zero-order chi connectivity index (χ0) is 19.2. The zero-order valence-corrected chi connectivity index (χ0v) is 17.1. The lowest BCUT2D eigenvalue weighted by atomic mass is 9.77. The van der Waals surface area contributed by atoms with Crippen LogP contribution < -0.4 is 14.8 Å². The minimum atomic E-state index is -0.180. The van der Waals surface area contributed by atoms with Crippen LogP contribution in [-0.2, 0) is 21.5 Å². The second kappa shape index (κ2) is 7.17. The van der Waals surface area contributed by atoms with E-state index in [1.54, 1.807) is 14.2 Å². The van der Waals surface area contributed by atoms with Crippen molar-refractivity contribution in [1.29, 1.82) is 0 Å². The number of ether oxygens (including phenoxy) is 4. The van der Waals surface area contributed by atoms with Gasteiger partial charge in [0.25, 0.3) is 0 Å². The summed E-state index contributed by atoms with van der Waals surface area (Å²) in [5, 5.41) is 3.59. The Labute approximate surface area is 167 Å². The standard InChI is InChI=1S/C22H32N2O4/c1-25-19-9-16-3-8-28-22(18(16)10-20(19)26-2)4-6-24(7-5-22)14-21-13-23-11-17(21)12-27-15-21/h9-10,17,23H,3-8,11-15H2,1-2H3/t17-,21-/m0/s1. The van der Waals surface area contributed by atoms with E-state index in [1.807, 2.05) is 0 Å². The molecule has 4 aliphatic rings. The quantitative estimate of drug-likeness (QED) is 0.849. The van der Waals surface area contributed by atoms with Crippen LogP contribution >= 0.6 is 0 Å². The fourth-order valence-corrected chi connectivity index (χ4v) is 5.81. The number of nitrogens with zero attached hydrogens (tertiary/aromatic N) is 1. The molecule has 5 rings (SSSR count). The van der Waals surface area contributed by atoms with E-state index >= 15 is 0 Å². The first-order chi connectivity index (χ1) is 13.7. The van der Waals surface area contributed by atoms with E-state index in [-0.39, 0.29) is 5.60 Å². The second-order valence-corrected chi connectivity index (χ2v) is 8.94. The number of rotatable bonds is 4. The number of nitrogens with one attached hydrogen (secondary N) is 1. The molecule has 154 valence electrons. The lowest BCUT2D eigenvalue weighted by Gasteiger charge is -2.46. The van der Waals surface area contributed by atoms with Gasteiger partial charge in [-0.05, 0) is 42.5 Å². The summed E-state index contributed by atoms with van der Waals surface area (Å²) in [5.74, 6) is 2.29. The highest BCUT2D eigenvalue weighted by molar-refractivity contribution is 5.50. The summed E-state index contributed by atoms with van der Waals surface area (Å²) in [6.45, 7) is 8.09. The summed E-state index contributed by atoms with van der Waals surface area (Å²) >= 11 is 0. The van der Waals surface area contributed by atoms with Crippen molar-refractivity contribution in [1.82, 2.24) is 10.2 Å². The summed E-state index contributed by atoms with van der Waals surface area (Å²) in [6.07, 6.45) is 3.00. The first-order valence-corrected chi connectivity index (χ1v) is 10.6. The molecule has 6 heteroatoms. The maximum absolute atomic E-state index is 6.45. The van der Waals surface area contributed by atoms with Crippen LogP contribution in [0.5, 0.6) is 11.5 Å². The molecule has 1 aromatic rings. The maximum Gasteiger partial charge on any atom is 0.161 e. The first-order valence-electron chi connectivity index (χ1n) is 10.6. The summed E-state index contributed by atoms with van der Waals surface area (Å²) in [4.78, 5) is 2.64. The Morgan fingerprint density at radius 3 is 2.75 bits per heavy atom. The molecular weight excluding hydrogens is 356 g/mol. The van der Waals surface area contributed by atoms with Gasteiger partial charge in [0.2, 0.25) is 0 Å². The van der Waals surface area contributed by atoms with Crippen molar-refractivity contribution in [2.24, 2.45) is 11.3 Å². The summed E-state index contributed by atoms with van der Waals surface area (Å²) in [5.41, 5.74) is 2.78. The molecule has 0 aliphatic carbocycles. The number of likely N-dealkylation sites (tertiary alicyclic amines) is 1. The maximum atomic E-state index is 6.45. The van der Waals surface area contributed by atoms with Crippen LogP contribution in [0.4, 0.5) is 0 Å². The minimum absolute atomic E-state index is 0.180. The van der Waals surface area contributed by atoms with Crippen LogP contribution in [0.1, 0.15) is 24.0 Å². The van der Waals surface area contributed by atoms with Crippen molar-refractivity contribution < 1.29 is 18.9 Å². The molecule has 4 heterocycles. The molecular formula is C22H32N2O4. The lowest BCUT2D eigenvalue weighted by molar-refractivity contribution is -0.102. The van der Waals surface area contributed by atoms with E-state index in [4.69, 9.17) is 18.9 Å². The number of hydrogen-bond donors (Lipinski definition) is 1. The first kappa shape index (κ1) is 18.7. The minimum Gasteiger partial charge on any atom is -0.493 e. The van der Waals surface area contributed by atoms with Crippen molar-refractivity contribution >= 4 is 0 Å². The number of methoxy groups -OCH3 is 2. The molecule has 4 aliphatic heterocycles. The van der Waals surface area contributed by atoms with Gasteiger partial charge in [0.1, 0.15) is 0 Å². The predicted molar refractivity (Wildman–Crippen MR) is 106 cm³/mol. The van der Waals surface area contributed by atoms with Crippen molar-refractivity contribution in [3.05, 3.63) is 23.3 Å². The summed E-state index contributed by atoms with van der Waals surface area (Å²) in [6, 6.07) is 4.30. The molecule has 2 atom stereocenters. The highest BCUT2D eigenvalue weighted by Crippen LogP contribution is 2.46. The molecule has 0 radical (unpaired) electrons. The second-order valence-electron chi connectivity index (χ2n) is 8.94. The van der Waals surface area contributed by atoms with Crippen molar-refractivity contribution in [3.8, 4) is 11.5 Å². The molecule has 0 amide bonds. The van der Waals surface area contributed by atoms with E-state index in [1.165, 1.54) is 11.1 Å². The van der Waals surface area contributed by atoms with Crippen LogP contribution in [0, 0.1) is 11.3 Å². The van der Waals surface area contributed by atoms with Gasteiger partial charge < -0.3 is 29.2 Å². The van der Waals surface area contributed by atoms with E-state index < -0.39 is 0 Å². The average Bonchev–Trinajstić information content (AvgIpc) is 3.29. The molecule has 1 N–H and O–H groups in total. The molecule has 3 fully saturated rings. The zero-order valence-electron chi connectivity index (χ0n) is 17.1. The Bertz CT molecular complexity index is 719. The Balaban J connectivity index is 1.34. The molecule has 6 nitrogen and oxygen atoms in total. The van der Waals surface area contributed by atoms with Crippen LogP contribution in [-0.4, -0.2) is 71.7 Å². The SMILES string of the molecule is COc1cc2c(cc1OC)C1(CCN(C[C@]34CNC[C@H]3COC4)CC1)OCC2. The monoisotopic (exact) mass is 388 g/mol. The Hall–Kier alpha value is -1.34. The summed E-state index contributed by atoms with van der Waals surface area (Å²) in [7, 11) is 3.41. The lowest BCUT2D eigenvalue weighted by Crippen LogP contribution is -2.51. The van der Waals surface area contributed by atoms with Gasteiger partial charge in [0, 0.05) is 44.1 Å². The highest BCUT2D eigenvalue weighted by atomic mass is 16.5. The molecule has 3 saturated heterocycles. The normalized spacial score (nSPS) is 31.6.